The number of aryl methyl sites for hydroxylation is 2. The lowest BCUT2D eigenvalue weighted by atomic mass is 10.1. The molecule has 0 aliphatic rings. The predicted molar refractivity (Wildman–Crippen MR) is 106 cm³/mol. The van der Waals surface area contributed by atoms with Gasteiger partial charge in [0.15, 0.2) is 0 Å². The molecule has 0 unspecified atom stereocenters. The third-order valence-corrected chi connectivity index (χ3v) is 4.49. The molecule has 0 fully saturated rings. The number of hydrogen-bond acceptors (Lipinski definition) is 5. The molecule has 0 saturated carbocycles. The Morgan fingerprint density at radius 2 is 1.81 bits per heavy atom. The third kappa shape index (κ3) is 4.60. The summed E-state index contributed by atoms with van der Waals surface area (Å²) in [6.45, 7) is 9.21. The number of hydrogen-bond donors (Lipinski definition) is 2. The Balaban J connectivity index is 2.30. The molecule has 2 rings (SSSR count). The fourth-order valence-corrected chi connectivity index (χ4v) is 3.13. The molecule has 0 spiro atoms. The van der Waals surface area contributed by atoms with Crippen LogP contribution in [0.5, 0.6) is 0 Å². The summed E-state index contributed by atoms with van der Waals surface area (Å²) in [6.07, 6.45) is 1.90. The van der Waals surface area contributed by atoms with E-state index in [1.54, 1.807) is 12.1 Å². The Morgan fingerprint density at radius 1 is 1.12 bits per heavy atom. The van der Waals surface area contributed by atoms with Gasteiger partial charge >= 0.3 is 0 Å². The van der Waals surface area contributed by atoms with Crippen LogP contribution in [0.25, 0.3) is 0 Å². The topological polar surface area (TPSA) is 84.0 Å². The summed E-state index contributed by atoms with van der Waals surface area (Å²) in [5, 5.41) is 6.32. The van der Waals surface area contributed by atoms with Crippen LogP contribution < -0.4 is 10.6 Å². The van der Waals surface area contributed by atoms with E-state index in [-0.39, 0.29) is 17.7 Å². The highest BCUT2D eigenvalue weighted by atomic mass is 32.2. The molecule has 26 heavy (non-hydrogen) atoms. The summed E-state index contributed by atoms with van der Waals surface area (Å²) in [5.74, 6) is 0.556. The van der Waals surface area contributed by atoms with Crippen molar-refractivity contribution in [2.24, 2.45) is 0 Å². The minimum absolute atomic E-state index is 0.132. The van der Waals surface area contributed by atoms with Gasteiger partial charge in [-0.2, -0.15) is 0 Å². The molecule has 2 amide bonds. The number of aromatic nitrogens is 2. The smallest absolute Gasteiger partial charge is 0.260 e. The summed E-state index contributed by atoms with van der Waals surface area (Å²) in [7, 11) is 0. The van der Waals surface area contributed by atoms with Gasteiger partial charge in [0, 0.05) is 24.2 Å². The van der Waals surface area contributed by atoms with Crippen molar-refractivity contribution in [3.63, 3.8) is 0 Å². The van der Waals surface area contributed by atoms with Crippen LogP contribution in [0.2, 0.25) is 0 Å². The van der Waals surface area contributed by atoms with E-state index in [9.17, 15) is 9.59 Å². The second-order valence-corrected chi connectivity index (χ2v) is 7.17. The summed E-state index contributed by atoms with van der Waals surface area (Å²) in [5.41, 5.74) is 3.40. The molecular weight excluding hydrogens is 348 g/mol. The zero-order valence-electron chi connectivity index (χ0n) is 15.9. The Bertz CT molecular complexity index is 850. The second kappa shape index (κ2) is 8.31. The molecule has 0 bridgehead atoms. The van der Waals surface area contributed by atoms with E-state index in [1.807, 2.05) is 40.0 Å². The maximum atomic E-state index is 12.8. The average molecular weight is 372 g/mol. The molecule has 0 saturated heterocycles. The van der Waals surface area contributed by atoms with Gasteiger partial charge in [0.2, 0.25) is 5.91 Å². The highest BCUT2D eigenvalue weighted by molar-refractivity contribution is 7.98. The molecule has 0 radical (unpaired) electrons. The van der Waals surface area contributed by atoms with Gasteiger partial charge in [0.05, 0.1) is 11.3 Å². The van der Waals surface area contributed by atoms with Crippen molar-refractivity contribution in [2.45, 2.75) is 45.6 Å². The van der Waals surface area contributed by atoms with Crippen LogP contribution in [-0.2, 0) is 4.79 Å². The Hall–Kier alpha value is -2.41. The molecule has 138 valence electrons. The van der Waals surface area contributed by atoms with Crippen LogP contribution in [0.3, 0.4) is 0 Å². The molecule has 0 atom stereocenters. The molecule has 0 aliphatic heterocycles. The first-order valence-corrected chi connectivity index (χ1v) is 9.57. The first-order valence-electron chi connectivity index (χ1n) is 8.35. The minimum Gasteiger partial charge on any atom is -0.326 e. The highest BCUT2D eigenvalue weighted by Gasteiger charge is 2.19. The van der Waals surface area contributed by atoms with E-state index in [2.05, 4.69) is 20.6 Å². The maximum Gasteiger partial charge on any atom is 0.260 e. The molecule has 2 aromatic rings. The number of benzene rings is 1. The van der Waals surface area contributed by atoms with Gasteiger partial charge in [-0.15, -0.1) is 11.8 Å². The van der Waals surface area contributed by atoms with Gasteiger partial charge in [-0.3, -0.25) is 9.59 Å². The summed E-state index contributed by atoms with van der Waals surface area (Å²) in [4.78, 5) is 33.0. The lowest BCUT2D eigenvalue weighted by Crippen LogP contribution is -2.18. The second-order valence-electron chi connectivity index (χ2n) is 6.37. The predicted octanol–water partition coefficient (Wildman–Crippen LogP) is 4.15. The number of carbonyl (C=O) groups is 2. The highest BCUT2D eigenvalue weighted by Crippen LogP contribution is 2.25. The van der Waals surface area contributed by atoms with Gasteiger partial charge < -0.3 is 10.6 Å². The average Bonchev–Trinajstić information content (AvgIpc) is 2.55. The van der Waals surface area contributed by atoms with Crippen molar-refractivity contribution in [1.82, 2.24) is 9.97 Å². The van der Waals surface area contributed by atoms with Crippen LogP contribution >= 0.6 is 11.8 Å². The van der Waals surface area contributed by atoms with E-state index < -0.39 is 0 Å². The van der Waals surface area contributed by atoms with Gasteiger partial charge in [-0.05, 0) is 43.9 Å². The molecule has 7 heteroatoms. The van der Waals surface area contributed by atoms with Crippen LogP contribution in [0.1, 0.15) is 54.1 Å². The maximum absolute atomic E-state index is 12.8. The van der Waals surface area contributed by atoms with Crippen molar-refractivity contribution in [1.29, 1.82) is 0 Å². The summed E-state index contributed by atoms with van der Waals surface area (Å²) < 4.78 is 0. The first-order chi connectivity index (χ1) is 12.2. The van der Waals surface area contributed by atoms with Gasteiger partial charge in [0.1, 0.15) is 10.9 Å². The summed E-state index contributed by atoms with van der Waals surface area (Å²) >= 11 is 1.43. The SMILES string of the molecule is CSc1nc(C(C)C)nc(C)c1C(=O)Nc1ccc(NC(C)=O)c(C)c1. The molecule has 2 N–H and O–H groups in total. The number of nitrogens with one attached hydrogen (secondary N) is 2. The van der Waals surface area contributed by atoms with E-state index in [0.717, 1.165) is 17.1 Å². The fraction of sp³-hybridized carbons (Fsp3) is 0.368. The third-order valence-electron chi connectivity index (χ3n) is 3.81. The Morgan fingerprint density at radius 3 is 2.35 bits per heavy atom. The first kappa shape index (κ1) is 19.9. The molecule has 0 aliphatic carbocycles. The standard InChI is InChI=1S/C19H24N4O2S/c1-10(2)17-20-12(4)16(19(23-17)26-6)18(25)22-14-7-8-15(11(3)9-14)21-13(5)24/h7-10H,1-6H3,(H,21,24)(H,22,25). The molecule has 6 nitrogen and oxygen atoms in total. The number of carbonyl (C=O) groups excluding carboxylic acids is 2. The Labute approximate surface area is 158 Å². The van der Waals surface area contributed by atoms with Crippen LogP contribution in [0.15, 0.2) is 23.2 Å². The number of anilines is 2. The molecule has 1 aromatic carbocycles. The van der Waals surface area contributed by atoms with Gasteiger partial charge in [-0.1, -0.05) is 13.8 Å². The Kier molecular flexibility index (Phi) is 6.37. The van der Waals surface area contributed by atoms with Crippen molar-refractivity contribution >= 4 is 35.0 Å². The van der Waals surface area contributed by atoms with Crippen molar-refractivity contribution in [3.8, 4) is 0 Å². The number of thioether (sulfide) groups is 1. The lowest BCUT2D eigenvalue weighted by molar-refractivity contribution is -0.114. The lowest BCUT2D eigenvalue weighted by Gasteiger charge is -2.14. The quantitative estimate of drug-likeness (QED) is 0.608. The van der Waals surface area contributed by atoms with E-state index in [0.29, 0.717) is 22.0 Å². The van der Waals surface area contributed by atoms with Crippen LogP contribution in [-0.4, -0.2) is 28.0 Å². The zero-order valence-corrected chi connectivity index (χ0v) is 16.7. The minimum atomic E-state index is -0.242. The molecule has 1 aromatic heterocycles. The normalized spacial score (nSPS) is 10.7. The van der Waals surface area contributed by atoms with E-state index in [1.165, 1.54) is 18.7 Å². The molecular formula is C19H24N4O2S. The van der Waals surface area contributed by atoms with Crippen molar-refractivity contribution < 1.29 is 9.59 Å². The van der Waals surface area contributed by atoms with Gasteiger partial charge in [0.25, 0.3) is 5.91 Å². The fourth-order valence-electron chi connectivity index (χ4n) is 2.50. The number of rotatable bonds is 5. The zero-order chi connectivity index (χ0) is 19.4. The van der Waals surface area contributed by atoms with Gasteiger partial charge in [-0.25, -0.2) is 9.97 Å². The number of nitrogens with zero attached hydrogens (tertiary/aromatic N) is 2. The van der Waals surface area contributed by atoms with Crippen molar-refractivity contribution in [2.75, 3.05) is 16.9 Å². The largest absolute Gasteiger partial charge is 0.326 e. The van der Waals surface area contributed by atoms with E-state index >= 15 is 0 Å². The van der Waals surface area contributed by atoms with E-state index in [4.69, 9.17) is 0 Å². The summed E-state index contributed by atoms with van der Waals surface area (Å²) in [6, 6.07) is 5.35. The van der Waals surface area contributed by atoms with Crippen LogP contribution in [0, 0.1) is 13.8 Å². The molecule has 1 heterocycles. The monoisotopic (exact) mass is 372 g/mol. The van der Waals surface area contributed by atoms with Crippen molar-refractivity contribution in [3.05, 3.63) is 40.8 Å². The number of amides is 2. The van der Waals surface area contributed by atoms with Crippen LogP contribution in [0.4, 0.5) is 11.4 Å².